The monoisotopic (exact) mass is 315 g/mol. The maximum absolute atomic E-state index is 12.6. The van der Waals surface area contributed by atoms with Gasteiger partial charge in [0, 0.05) is 57.7 Å². The van der Waals surface area contributed by atoms with Gasteiger partial charge in [-0.05, 0) is 11.6 Å². The fourth-order valence-electron chi connectivity index (χ4n) is 3.38. The van der Waals surface area contributed by atoms with Gasteiger partial charge in [0.05, 0.1) is 0 Å². The van der Waals surface area contributed by atoms with Gasteiger partial charge >= 0.3 is 0 Å². The highest BCUT2D eigenvalue weighted by atomic mass is 16.2. The third kappa shape index (κ3) is 3.06. The smallest absolute Gasteiger partial charge is 0.223 e. The van der Waals surface area contributed by atoms with E-state index in [9.17, 15) is 14.4 Å². The number of hydrogen-bond donors (Lipinski definition) is 0. The summed E-state index contributed by atoms with van der Waals surface area (Å²) in [6, 6.07) is 7.80. The summed E-state index contributed by atoms with van der Waals surface area (Å²) in [7, 11) is 0. The van der Waals surface area contributed by atoms with Crippen molar-refractivity contribution >= 4 is 23.9 Å². The zero-order valence-electron chi connectivity index (χ0n) is 13.3. The van der Waals surface area contributed by atoms with Crippen molar-refractivity contribution < 1.29 is 14.4 Å². The van der Waals surface area contributed by atoms with E-state index in [2.05, 4.69) is 0 Å². The van der Waals surface area contributed by atoms with E-state index >= 15 is 0 Å². The Labute approximate surface area is 135 Å². The summed E-state index contributed by atoms with van der Waals surface area (Å²) in [4.78, 5) is 40.3. The molecule has 1 unspecified atom stereocenters. The maximum Gasteiger partial charge on any atom is 0.223 e. The number of carbonyl (C=O) groups is 3. The number of rotatable bonds is 3. The van der Waals surface area contributed by atoms with Gasteiger partial charge in [-0.3, -0.25) is 14.4 Å². The molecule has 2 aliphatic heterocycles. The molecule has 2 heterocycles. The van der Waals surface area contributed by atoms with Crippen LogP contribution in [0, 0.1) is 0 Å². The van der Waals surface area contributed by atoms with Gasteiger partial charge in [-0.2, -0.15) is 0 Å². The number of para-hydroxylation sites is 1. The van der Waals surface area contributed by atoms with Gasteiger partial charge in [-0.15, -0.1) is 0 Å². The summed E-state index contributed by atoms with van der Waals surface area (Å²) in [5.74, 6) is 0.152. The number of anilines is 1. The quantitative estimate of drug-likeness (QED) is 0.776. The van der Waals surface area contributed by atoms with Crippen LogP contribution in [0.1, 0.15) is 24.8 Å². The van der Waals surface area contributed by atoms with Crippen molar-refractivity contribution in [3.05, 3.63) is 29.8 Å². The van der Waals surface area contributed by atoms with E-state index in [4.69, 9.17) is 0 Å². The first kappa shape index (κ1) is 15.5. The molecule has 1 aromatic carbocycles. The number of hydrogen-bond acceptors (Lipinski definition) is 3. The Hall–Kier alpha value is -2.37. The van der Waals surface area contributed by atoms with Gasteiger partial charge < -0.3 is 14.7 Å². The summed E-state index contributed by atoms with van der Waals surface area (Å²) in [5, 5.41) is 0. The standard InChI is InChI=1S/C17H21N3O3/c1-13(22)20-11-14(15-4-2-3-5-16(15)20)10-17(23)19-8-6-18(12-21)7-9-19/h2-5,12,14H,6-11H2,1H3. The zero-order valence-corrected chi connectivity index (χ0v) is 13.3. The minimum atomic E-state index is 0.00648. The second-order valence-corrected chi connectivity index (χ2v) is 6.11. The van der Waals surface area contributed by atoms with E-state index in [-0.39, 0.29) is 17.7 Å². The molecule has 2 aliphatic rings. The minimum Gasteiger partial charge on any atom is -0.342 e. The predicted octanol–water partition coefficient (Wildman–Crippen LogP) is 0.827. The van der Waals surface area contributed by atoms with Crippen LogP contribution < -0.4 is 4.90 Å². The molecular formula is C17H21N3O3. The SMILES string of the molecule is CC(=O)N1CC(CC(=O)N2CCN(C=O)CC2)c2ccccc21. The average Bonchev–Trinajstić information content (AvgIpc) is 2.94. The van der Waals surface area contributed by atoms with Crippen molar-refractivity contribution in [3.63, 3.8) is 0 Å². The lowest BCUT2D eigenvalue weighted by Crippen LogP contribution is -2.48. The zero-order chi connectivity index (χ0) is 16.4. The van der Waals surface area contributed by atoms with E-state index in [1.54, 1.807) is 16.7 Å². The number of piperazine rings is 1. The first-order valence-corrected chi connectivity index (χ1v) is 7.94. The lowest BCUT2D eigenvalue weighted by atomic mass is 9.97. The molecule has 1 aromatic rings. The van der Waals surface area contributed by atoms with Crippen LogP contribution >= 0.6 is 0 Å². The van der Waals surface area contributed by atoms with Crippen LogP contribution in [0.4, 0.5) is 5.69 Å². The number of benzene rings is 1. The Kier molecular flexibility index (Phi) is 4.32. The molecule has 1 saturated heterocycles. The highest BCUT2D eigenvalue weighted by molar-refractivity contribution is 5.94. The molecule has 3 amide bonds. The fourth-order valence-corrected chi connectivity index (χ4v) is 3.38. The molecule has 1 fully saturated rings. The molecule has 0 N–H and O–H groups in total. The van der Waals surface area contributed by atoms with Crippen molar-refractivity contribution in [3.8, 4) is 0 Å². The fraction of sp³-hybridized carbons (Fsp3) is 0.471. The van der Waals surface area contributed by atoms with Crippen LogP contribution in [0.2, 0.25) is 0 Å². The summed E-state index contributed by atoms with van der Waals surface area (Å²) in [6.45, 7) is 4.48. The van der Waals surface area contributed by atoms with Crippen molar-refractivity contribution in [2.75, 3.05) is 37.6 Å². The minimum absolute atomic E-state index is 0.00648. The molecule has 6 heteroatoms. The molecule has 0 bridgehead atoms. The van der Waals surface area contributed by atoms with Crippen LogP contribution in [0.3, 0.4) is 0 Å². The van der Waals surface area contributed by atoms with Gasteiger partial charge in [-0.25, -0.2) is 0 Å². The van der Waals surface area contributed by atoms with E-state index in [1.165, 1.54) is 0 Å². The van der Waals surface area contributed by atoms with Crippen LogP contribution in [0.5, 0.6) is 0 Å². The number of fused-ring (bicyclic) bond motifs is 1. The first-order valence-electron chi connectivity index (χ1n) is 7.94. The highest BCUT2D eigenvalue weighted by Crippen LogP contribution is 2.38. The predicted molar refractivity (Wildman–Crippen MR) is 86.0 cm³/mol. The molecule has 1 atom stereocenters. The first-order chi connectivity index (χ1) is 11.1. The van der Waals surface area contributed by atoms with E-state index in [0.717, 1.165) is 17.7 Å². The summed E-state index contributed by atoms with van der Waals surface area (Å²) in [6.07, 6.45) is 1.24. The maximum atomic E-state index is 12.6. The summed E-state index contributed by atoms with van der Waals surface area (Å²) in [5.41, 5.74) is 1.99. The third-order valence-electron chi connectivity index (χ3n) is 4.69. The summed E-state index contributed by atoms with van der Waals surface area (Å²) >= 11 is 0. The Morgan fingerprint density at radius 3 is 2.52 bits per heavy atom. The average molecular weight is 315 g/mol. The largest absolute Gasteiger partial charge is 0.342 e. The molecule has 6 nitrogen and oxygen atoms in total. The van der Waals surface area contributed by atoms with Crippen molar-refractivity contribution in [1.82, 2.24) is 9.80 Å². The molecule has 122 valence electrons. The van der Waals surface area contributed by atoms with Crippen molar-refractivity contribution in [1.29, 1.82) is 0 Å². The Bertz CT molecular complexity index is 623. The molecule has 0 radical (unpaired) electrons. The van der Waals surface area contributed by atoms with Crippen LogP contribution in [-0.4, -0.2) is 60.7 Å². The van der Waals surface area contributed by atoms with Crippen LogP contribution in [0.25, 0.3) is 0 Å². The van der Waals surface area contributed by atoms with Gasteiger partial charge in [-0.1, -0.05) is 18.2 Å². The molecule has 0 aromatic heterocycles. The number of nitrogens with zero attached hydrogens (tertiary/aromatic N) is 3. The molecule has 0 saturated carbocycles. The lowest BCUT2D eigenvalue weighted by Gasteiger charge is -2.33. The molecule has 3 rings (SSSR count). The normalized spacial score (nSPS) is 20.4. The number of carbonyl (C=O) groups excluding carboxylic acids is 3. The molecule has 0 spiro atoms. The van der Waals surface area contributed by atoms with Gasteiger partial charge in [0.2, 0.25) is 18.2 Å². The molecular weight excluding hydrogens is 294 g/mol. The second-order valence-electron chi connectivity index (χ2n) is 6.11. The molecule has 0 aliphatic carbocycles. The van der Waals surface area contributed by atoms with E-state index in [0.29, 0.717) is 39.1 Å². The van der Waals surface area contributed by atoms with Crippen molar-refractivity contribution in [2.45, 2.75) is 19.3 Å². The van der Waals surface area contributed by atoms with Gasteiger partial charge in [0.1, 0.15) is 0 Å². The van der Waals surface area contributed by atoms with Crippen LogP contribution in [-0.2, 0) is 14.4 Å². The highest BCUT2D eigenvalue weighted by Gasteiger charge is 2.33. The summed E-state index contributed by atoms with van der Waals surface area (Å²) < 4.78 is 0. The molecule has 23 heavy (non-hydrogen) atoms. The Morgan fingerprint density at radius 1 is 1.17 bits per heavy atom. The number of amides is 3. The van der Waals surface area contributed by atoms with Gasteiger partial charge in [0.25, 0.3) is 0 Å². The van der Waals surface area contributed by atoms with Crippen LogP contribution in [0.15, 0.2) is 24.3 Å². The van der Waals surface area contributed by atoms with E-state index < -0.39 is 0 Å². The Balaban J connectivity index is 1.68. The van der Waals surface area contributed by atoms with E-state index in [1.807, 2.05) is 29.2 Å². The van der Waals surface area contributed by atoms with Crippen molar-refractivity contribution in [2.24, 2.45) is 0 Å². The van der Waals surface area contributed by atoms with Gasteiger partial charge in [0.15, 0.2) is 0 Å². The second kappa shape index (κ2) is 6.40. The topological polar surface area (TPSA) is 60.9 Å². The Morgan fingerprint density at radius 2 is 1.87 bits per heavy atom. The third-order valence-corrected chi connectivity index (χ3v) is 4.69. The lowest BCUT2D eigenvalue weighted by molar-refractivity contribution is -0.135.